The molecular formula is C18H20O5. The van der Waals surface area contributed by atoms with Gasteiger partial charge in [0.2, 0.25) is 5.76 Å². The zero-order chi connectivity index (χ0) is 16.6. The summed E-state index contributed by atoms with van der Waals surface area (Å²) in [4.78, 5) is 23.6. The molecule has 1 aromatic carbocycles. The monoisotopic (exact) mass is 316 g/mol. The molecule has 0 unspecified atom stereocenters. The van der Waals surface area contributed by atoms with Gasteiger partial charge in [0.25, 0.3) is 0 Å². The lowest BCUT2D eigenvalue weighted by Crippen LogP contribution is -2.11. The minimum Gasteiger partial charge on any atom is -0.507 e. The summed E-state index contributed by atoms with van der Waals surface area (Å²) in [6.45, 7) is 2.03. The van der Waals surface area contributed by atoms with Crippen LogP contribution in [0.3, 0.4) is 0 Å². The van der Waals surface area contributed by atoms with Crippen LogP contribution in [0.15, 0.2) is 15.3 Å². The van der Waals surface area contributed by atoms with Gasteiger partial charge < -0.3 is 14.6 Å². The van der Waals surface area contributed by atoms with Gasteiger partial charge in [-0.3, -0.25) is 4.79 Å². The first-order chi connectivity index (χ1) is 11.0. The highest BCUT2D eigenvalue weighted by molar-refractivity contribution is 5.92. The van der Waals surface area contributed by atoms with Crippen LogP contribution in [0.5, 0.6) is 5.75 Å². The Morgan fingerprint density at radius 1 is 1.22 bits per heavy atom. The second-order valence-corrected chi connectivity index (χ2v) is 6.08. The molecule has 1 aliphatic rings. The van der Waals surface area contributed by atoms with E-state index in [2.05, 4.69) is 0 Å². The summed E-state index contributed by atoms with van der Waals surface area (Å²) in [6.07, 6.45) is 6.22. The normalized spacial score (nSPS) is 14.5. The molecule has 5 heteroatoms. The van der Waals surface area contributed by atoms with Crippen molar-refractivity contribution in [2.45, 2.75) is 51.9 Å². The topological polar surface area (TPSA) is 87.7 Å². The highest BCUT2D eigenvalue weighted by Crippen LogP contribution is 2.38. The van der Waals surface area contributed by atoms with Crippen molar-refractivity contribution in [3.63, 3.8) is 0 Å². The molecule has 0 spiro atoms. The minimum absolute atomic E-state index is 0.0255. The van der Waals surface area contributed by atoms with Gasteiger partial charge in [-0.05, 0) is 48.8 Å². The molecule has 0 radical (unpaired) electrons. The van der Waals surface area contributed by atoms with E-state index >= 15 is 0 Å². The van der Waals surface area contributed by atoms with Gasteiger partial charge in [-0.15, -0.1) is 0 Å². The summed E-state index contributed by atoms with van der Waals surface area (Å²) in [5, 5.41) is 19.9. The smallest absolute Gasteiger partial charge is 0.371 e. The molecule has 0 aliphatic heterocycles. The molecule has 23 heavy (non-hydrogen) atoms. The van der Waals surface area contributed by atoms with Gasteiger partial charge in [-0.2, -0.15) is 0 Å². The molecule has 122 valence electrons. The molecule has 0 bridgehead atoms. The molecule has 0 atom stereocenters. The van der Waals surface area contributed by atoms with E-state index in [0.29, 0.717) is 6.42 Å². The Balaban J connectivity index is 2.44. The van der Waals surface area contributed by atoms with E-state index in [1.807, 2.05) is 6.92 Å². The summed E-state index contributed by atoms with van der Waals surface area (Å²) >= 11 is 0. The molecule has 1 aliphatic carbocycles. The van der Waals surface area contributed by atoms with Gasteiger partial charge in [0.15, 0.2) is 5.43 Å². The molecule has 1 aromatic heterocycles. The van der Waals surface area contributed by atoms with Crippen molar-refractivity contribution >= 4 is 16.9 Å². The summed E-state index contributed by atoms with van der Waals surface area (Å²) in [7, 11) is 0. The quantitative estimate of drug-likeness (QED) is 0.847. The largest absolute Gasteiger partial charge is 0.507 e. The van der Waals surface area contributed by atoms with Crippen molar-refractivity contribution in [1.82, 2.24) is 0 Å². The predicted octanol–water partition coefficient (Wildman–Crippen LogP) is 3.42. The van der Waals surface area contributed by atoms with E-state index in [1.54, 1.807) is 0 Å². The Hall–Kier alpha value is -2.30. The van der Waals surface area contributed by atoms with Crippen molar-refractivity contribution in [2.24, 2.45) is 0 Å². The van der Waals surface area contributed by atoms with Crippen LogP contribution in [0.2, 0.25) is 0 Å². The molecule has 0 amide bonds. The average Bonchev–Trinajstić information content (AvgIpc) is 2.76. The lowest BCUT2D eigenvalue weighted by molar-refractivity contribution is 0.0663. The van der Waals surface area contributed by atoms with Gasteiger partial charge in [0.1, 0.15) is 16.7 Å². The number of aryl methyl sites for hydroxylation is 1. The summed E-state index contributed by atoms with van der Waals surface area (Å²) in [5.41, 5.74) is 2.52. The van der Waals surface area contributed by atoms with Crippen molar-refractivity contribution < 1.29 is 19.4 Å². The van der Waals surface area contributed by atoms with Gasteiger partial charge in [-0.25, -0.2) is 4.79 Å². The van der Waals surface area contributed by atoms with Crippen LogP contribution in [0.25, 0.3) is 11.0 Å². The van der Waals surface area contributed by atoms with E-state index < -0.39 is 11.4 Å². The minimum atomic E-state index is -1.28. The Bertz CT molecular complexity index is 832. The van der Waals surface area contributed by atoms with E-state index in [-0.39, 0.29) is 22.5 Å². The van der Waals surface area contributed by atoms with Crippen LogP contribution < -0.4 is 5.43 Å². The van der Waals surface area contributed by atoms with Gasteiger partial charge >= 0.3 is 5.97 Å². The van der Waals surface area contributed by atoms with Gasteiger partial charge in [0, 0.05) is 6.07 Å². The lowest BCUT2D eigenvalue weighted by Gasteiger charge is -2.17. The average molecular weight is 316 g/mol. The number of hydrogen-bond donors (Lipinski definition) is 2. The number of hydrogen-bond acceptors (Lipinski definition) is 4. The Morgan fingerprint density at radius 3 is 2.57 bits per heavy atom. The number of rotatable bonds is 3. The van der Waals surface area contributed by atoms with Crippen LogP contribution in [0, 0.1) is 0 Å². The van der Waals surface area contributed by atoms with Crippen LogP contribution in [0.4, 0.5) is 0 Å². The molecule has 1 heterocycles. The van der Waals surface area contributed by atoms with Gasteiger partial charge in [0.05, 0.1) is 0 Å². The molecular weight excluding hydrogens is 296 g/mol. The number of fused-ring (bicyclic) bond motifs is 2. The number of phenols is 1. The first-order valence-electron chi connectivity index (χ1n) is 8.11. The fourth-order valence-corrected chi connectivity index (χ4v) is 3.51. The first kappa shape index (κ1) is 15.6. The molecule has 2 aromatic rings. The van der Waals surface area contributed by atoms with Crippen LogP contribution >= 0.6 is 0 Å². The number of carboxylic acids is 1. The maximum absolute atomic E-state index is 12.4. The Kier molecular flexibility index (Phi) is 4.11. The SMILES string of the molecule is CCCc1c2c(c(O)c3c(=O)cc(C(=O)O)oc13)CCCCC2. The number of carbonyl (C=O) groups is 1. The molecule has 3 rings (SSSR count). The first-order valence-corrected chi connectivity index (χ1v) is 8.11. The summed E-state index contributed by atoms with van der Waals surface area (Å²) in [5.74, 6) is -1.68. The lowest BCUT2D eigenvalue weighted by atomic mass is 9.91. The maximum Gasteiger partial charge on any atom is 0.371 e. The van der Waals surface area contributed by atoms with E-state index in [4.69, 9.17) is 9.52 Å². The molecule has 2 N–H and O–H groups in total. The van der Waals surface area contributed by atoms with Crippen LogP contribution in [-0.4, -0.2) is 16.2 Å². The number of aromatic hydroxyl groups is 1. The number of benzene rings is 1. The fraction of sp³-hybridized carbons (Fsp3) is 0.444. The highest BCUT2D eigenvalue weighted by atomic mass is 16.4. The van der Waals surface area contributed by atoms with Crippen molar-refractivity contribution in [2.75, 3.05) is 0 Å². The van der Waals surface area contributed by atoms with E-state index in [0.717, 1.165) is 61.3 Å². The van der Waals surface area contributed by atoms with E-state index in [9.17, 15) is 14.7 Å². The van der Waals surface area contributed by atoms with Gasteiger partial charge in [-0.1, -0.05) is 19.8 Å². The third-order valence-corrected chi connectivity index (χ3v) is 4.54. The molecule has 5 nitrogen and oxygen atoms in total. The van der Waals surface area contributed by atoms with Crippen LogP contribution in [0.1, 0.15) is 59.9 Å². The zero-order valence-corrected chi connectivity index (χ0v) is 13.1. The molecule has 0 saturated carbocycles. The summed E-state index contributed by atoms with van der Waals surface area (Å²) in [6, 6.07) is 0.948. The number of aromatic carboxylic acids is 1. The van der Waals surface area contributed by atoms with E-state index in [1.165, 1.54) is 0 Å². The fourth-order valence-electron chi connectivity index (χ4n) is 3.51. The van der Waals surface area contributed by atoms with Crippen LogP contribution in [-0.2, 0) is 19.3 Å². The second-order valence-electron chi connectivity index (χ2n) is 6.08. The predicted molar refractivity (Wildman–Crippen MR) is 86.4 cm³/mol. The summed E-state index contributed by atoms with van der Waals surface area (Å²) < 4.78 is 5.52. The highest BCUT2D eigenvalue weighted by Gasteiger charge is 2.24. The number of phenolic OH excluding ortho intramolecular Hbond substituents is 1. The second kappa shape index (κ2) is 6.07. The number of carboxylic acid groups (broad SMARTS) is 1. The maximum atomic E-state index is 12.4. The standard InChI is InChI=1S/C18H20O5/c1-2-6-12-10-7-4-3-5-8-11(10)16(20)15-13(19)9-14(18(21)22)23-17(12)15/h9,20H,2-8H2,1H3,(H,21,22). The third kappa shape index (κ3) is 2.60. The van der Waals surface area contributed by atoms with Crippen molar-refractivity contribution in [3.05, 3.63) is 38.7 Å². The molecule has 0 fully saturated rings. The Morgan fingerprint density at radius 2 is 1.91 bits per heavy atom. The van der Waals surface area contributed by atoms with Crippen molar-refractivity contribution in [3.8, 4) is 5.75 Å². The Labute approximate surface area is 133 Å². The third-order valence-electron chi connectivity index (χ3n) is 4.54. The molecule has 0 saturated heterocycles. The zero-order valence-electron chi connectivity index (χ0n) is 13.1. The van der Waals surface area contributed by atoms with Crippen molar-refractivity contribution in [1.29, 1.82) is 0 Å².